The Hall–Kier alpha value is -3.61. The second-order valence-electron chi connectivity index (χ2n) is 5.94. The summed E-state index contributed by atoms with van der Waals surface area (Å²) in [5.41, 5.74) is 0.647. The molecule has 1 saturated heterocycles. The predicted octanol–water partition coefficient (Wildman–Crippen LogP) is 0.867. The van der Waals surface area contributed by atoms with Crippen molar-refractivity contribution in [3.63, 3.8) is 0 Å². The van der Waals surface area contributed by atoms with E-state index in [9.17, 15) is 24.6 Å². The van der Waals surface area contributed by atoms with Gasteiger partial charge < -0.3 is 24.6 Å². The van der Waals surface area contributed by atoms with E-state index in [1.54, 1.807) is 54.6 Å². The molecule has 138 valence electrons. The Morgan fingerprint density at radius 2 is 1.74 bits per heavy atom. The number of aliphatic hydroxyl groups is 1. The van der Waals surface area contributed by atoms with Gasteiger partial charge in [-0.05, 0) is 29.8 Å². The number of Topliss-reactive ketones (excluding diaryl/α,β-unsaturated/α-hetero) is 1. The van der Waals surface area contributed by atoms with Gasteiger partial charge in [-0.15, -0.1) is 0 Å². The number of methoxy groups -OCH3 is 1. The number of carboxylic acids is 1. The summed E-state index contributed by atoms with van der Waals surface area (Å²) >= 11 is 0. The van der Waals surface area contributed by atoms with Gasteiger partial charge in [-0.3, -0.25) is 9.59 Å². The molecule has 1 amide bonds. The first kappa shape index (κ1) is 18.2. The number of carbonyl (C=O) groups is 3. The molecule has 2 aromatic rings. The molecule has 0 spiro atoms. The van der Waals surface area contributed by atoms with E-state index in [4.69, 9.17) is 4.74 Å². The summed E-state index contributed by atoms with van der Waals surface area (Å²) in [4.78, 5) is 36.9. The van der Waals surface area contributed by atoms with Crippen LogP contribution in [-0.2, 0) is 14.4 Å². The molecule has 0 saturated carbocycles. The maximum Gasteiger partial charge on any atom is 0.295 e. The van der Waals surface area contributed by atoms with Crippen LogP contribution in [0.15, 0.2) is 60.2 Å². The van der Waals surface area contributed by atoms with Crippen LogP contribution < -0.4 is 9.84 Å². The van der Waals surface area contributed by atoms with E-state index in [2.05, 4.69) is 0 Å². The molecule has 0 aliphatic carbocycles. The monoisotopic (exact) mass is 366 g/mol. The first-order valence-electron chi connectivity index (χ1n) is 8.11. The van der Waals surface area contributed by atoms with Crippen LogP contribution in [0.1, 0.15) is 17.2 Å². The average molecular weight is 366 g/mol. The van der Waals surface area contributed by atoms with Crippen molar-refractivity contribution < 1.29 is 29.3 Å². The van der Waals surface area contributed by atoms with Crippen molar-refractivity contribution in [2.24, 2.45) is 0 Å². The van der Waals surface area contributed by atoms with E-state index in [1.165, 1.54) is 7.11 Å². The van der Waals surface area contributed by atoms with Crippen molar-refractivity contribution in [1.82, 2.24) is 4.90 Å². The Morgan fingerprint density at radius 3 is 2.30 bits per heavy atom. The maximum absolute atomic E-state index is 12.6. The van der Waals surface area contributed by atoms with Crippen LogP contribution in [0.3, 0.4) is 0 Å². The number of benzene rings is 2. The lowest BCUT2D eigenvalue weighted by Gasteiger charge is -2.25. The second kappa shape index (κ2) is 7.33. The number of hydrogen-bond acceptors (Lipinski definition) is 6. The number of hydrogen-bond donors (Lipinski definition) is 1. The van der Waals surface area contributed by atoms with Crippen molar-refractivity contribution >= 4 is 23.4 Å². The summed E-state index contributed by atoms with van der Waals surface area (Å²) in [5.74, 6) is -3.27. The van der Waals surface area contributed by atoms with Gasteiger partial charge in [0.05, 0.1) is 31.2 Å². The highest BCUT2D eigenvalue weighted by Gasteiger charge is 2.45. The third-order valence-electron chi connectivity index (χ3n) is 4.32. The Kier molecular flexibility index (Phi) is 4.94. The SMILES string of the molecule is COc1ccc(C(O)=C2C(=O)C(=O)N(CC(=O)[O-])[C@@H]2c2ccccc2)cc1. The highest BCUT2D eigenvalue weighted by Crippen LogP contribution is 2.39. The number of ketones is 1. The third-order valence-corrected chi connectivity index (χ3v) is 4.32. The zero-order valence-corrected chi connectivity index (χ0v) is 14.4. The van der Waals surface area contributed by atoms with Gasteiger partial charge in [0.15, 0.2) is 0 Å². The number of amides is 1. The van der Waals surface area contributed by atoms with Crippen LogP contribution in [0, 0.1) is 0 Å². The number of nitrogens with zero attached hydrogens (tertiary/aromatic N) is 1. The number of ether oxygens (including phenoxy) is 1. The summed E-state index contributed by atoms with van der Waals surface area (Å²) in [6.07, 6.45) is 0. The minimum atomic E-state index is -1.50. The fraction of sp³-hybridized carbons (Fsp3) is 0.150. The molecule has 0 unspecified atom stereocenters. The van der Waals surface area contributed by atoms with E-state index in [0.717, 1.165) is 4.90 Å². The van der Waals surface area contributed by atoms with Gasteiger partial charge in [0, 0.05) is 5.56 Å². The molecular weight excluding hydrogens is 350 g/mol. The fourth-order valence-corrected chi connectivity index (χ4v) is 3.07. The van der Waals surface area contributed by atoms with E-state index in [0.29, 0.717) is 16.9 Å². The van der Waals surface area contributed by atoms with E-state index >= 15 is 0 Å². The highest BCUT2D eigenvalue weighted by molar-refractivity contribution is 6.46. The average Bonchev–Trinajstić information content (AvgIpc) is 2.92. The third kappa shape index (κ3) is 3.39. The first-order valence-corrected chi connectivity index (χ1v) is 8.11. The number of carboxylic acid groups (broad SMARTS) is 1. The molecule has 7 nitrogen and oxygen atoms in total. The molecule has 27 heavy (non-hydrogen) atoms. The van der Waals surface area contributed by atoms with Gasteiger partial charge in [-0.25, -0.2) is 0 Å². The largest absolute Gasteiger partial charge is 0.548 e. The zero-order chi connectivity index (χ0) is 19.6. The number of rotatable bonds is 5. The van der Waals surface area contributed by atoms with Crippen LogP contribution in [0.2, 0.25) is 0 Å². The minimum Gasteiger partial charge on any atom is -0.548 e. The molecule has 0 aromatic heterocycles. The van der Waals surface area contributed by atoms with Crippen molar-refractivity contribution in [3.05, 3.63) is 71.3 Å². The Labute approximate surface area is 155 Å². The normalized spacial score (nSPS) is 18.6. The van der Waals surface area contributed by atoms with Gasteiger partial charge in [0.1, 0.15) is 11.5 Å². The summed E-state index contributed by atoms with van der Waals surface area (Å²) < 4.78 is 5.06. The van der Waals surface area contributed by atoms with Crippen LogP contribution >= 0.6 is 0 Å². The van der Waals surface area contributed by atoms with Crippen LogP contribution in [-0.4, -0.2) is 41.3 Å². The zero-order valence-electron chi connectivity index (χ0n) is 14.4. The Balaban J connectivity index is 2.16. The van der Waals surface area contributed by atoms with E-state index in [-0.39, 0.29) is 11.3 Å². The first-order chi connectivity index (χ1) is 12.9. The molecular formula is C20H16NO6-. The molecule has 3 rings (SSSR count). The fourth-order valence-electron chi connectivity index (χ4n) is 3.07. The van der Waals surface area contributed by atoms with E-state index in [1.807, 2.05) is 0 Å². The standard InChI is InChI=1S/C20H17NO6/c1-27-14-9-7-13(8-10-14)18(24)16-17(12-5-3-2-4-6-12)21(11-15(22)23)20(26)19(16)25/h2-10,17,24H,11H2,1H3,(H,22,23)/p-1/t17-/m1/s1. The van der Waals surface area contributed by atoms with Gasteiger partial charge in [-0.1, -0.05) is 30.3 Å². The highest BCUT2D eigenvalue weighted by atomic mass is 16.5. The lowest BCUT2D eigenvalue weighted by Crippen LogP contribution is -2.40. The molecule has 1 N–H and O–H groups in total. The maximum atomic E-state index is 12.6. The lowest BCUT2D eigenvalue weighted by atomic mass is 9.95. The van der Waals surface area contributed by atoms with Gasteiger partial charge in [0.25, 0.3) is 11.7 Å². The molecule has 1 atom stereocenters. The second-order valence-corrected chi connectivity index (χ2v) is 5.94. The van der Waals surface area contributed by atoms with Crippen LogP contribution in [0.5, 0.6) is 5.75 Å². The molecule has 1 aliphatic rings. The van der Waals surface area contributed by atoms with Crippen molar-refractivity contribution in [1.29, 1.82) is 0 Å². The molecule has 1 aliphatic heterocycles. The predicted molar refractivity (Wildman–Crippen MR) is 93.5 cm³/mol. The number of likely N-dealkylation sites (tertiary alicyclic amines) is 1. The summed E-state index contributed by atoms with van der Waals surface area (Å²) in [6, 6.07) is 13.7. The van der Waals surface area contributed by atoms with Crippen LogP contribution in [0.4, 0.5) is 0 Å². The molecule has 1 fully saturated rings. The summed E-state index contributed by atoms with van der Waals surface area (Å²) in [7, 11) is 1.50. The van der Waals surface area contributed by atoms with Crippen LogP contribution in [0.25, 0.3) is 5.76 Å². The molecule has 7 heteroatoms. The topological polar surface area (TPSA) is 107 Å². The molecule has 2 aromatic carbocycles. The smallest absolute Gasteiger partial charge is 0.295 e. The quantitative estimate of drug-likeness (QED) is 0.478. The summed E-state index contributed by atoms with van der Waals surface area (Å²) in [5, 5.41) is 21.8. The number of aliphatic carboxylic acids is 1. The van der Waals surface area contributed by atoms with E-state index < -0.39 is 30.2 Å². The molecule has 0 bridgehead atoms. The van der Waals surface area contributed by atoms with Crippen molar-refractivity contribution in [2.75, 3.05) is 13.7 Å². The Bertz CT molecular complexity index is 917. The molecule has 1 heterocycles. The minimum absolute atomic E-state index is 0.169. The number of carbonyl (C=O) groups excluding carboxylic acids is 3. The van der Waals surface area contributed by atoms with Gasteiger partial charge >= 0.3 is 0 Å². The summed E-state index contributed by atoms with van der Waals surface area (Å²) in [6.45, 7) is -0.760. The van der Waals surface area contributed by atoms with Crippen molar-refractivity contribution in [2.45, 2.75) is 6.04 Å². The van der Waals surface area contributed by atoms with Crippen molar-refractivity contribution in [3.8, 4) is 5.75 Å². The number of aliphatic hydroxyl groups excluding tert-OH is 1. The lowest BCUT2D eigenvalue weighted by molar-refractivity contribution is -0.306. The van der Waals surface area contributed by atoms with Gasteiger partial charge in [-0.2, -0.15) is 0 Å². The Morgan fingerprint density at radius 1 is 1.11 bits per heavy atom. The van der Waals surface area contributed by atoms with Gasteiger partial charge in [0.2, 0.25) is 0 Å². The molecule has 0 radical (unpaired) electrons.